The molecule has 3 rings (SSSR count). The van der Waals surface area contributed by atoms with Gasteiger partial charge in [-0.25, -0.2) is 0 Å². The maximum atomic E-state index is 5.97. The van der Waals surface area contributed by atoms with E-state index in [4.69, 9.17) is 4.12 Å². The van der Waals surface area contributed by atoms with Gasteiger partial charge in [0.1, 0.15) is 0 Å². The number of imidazole rings is 1. The quantitative estimate of drug-likeness (QED) is 0.310. The summed E-state index contributed by atoms with van der Waals surface area (Å²) in [4.78, 5) is 0. The van der Waals surface area contributed by atoms with Crippen molar-refractivity contribution in [1.82, 2.24) is 9.13 Å². The number of nitrogens with zero attached hydrogens (tertiary/aromatic N) is 2. The molecule has 29 heavy (non-hydrogen) atoms. The zero-order valence-corrected chi connectivity index (χ0v) is 23.3. The first-order chi connectivity index (χ1) is 13.7. The van der Waals surface area contributed by atoms with Crippen LogP contribution in [0.4, 0.5) is 0 Å². The molecule has 1 heterocycles. The molecule has 2 saturated carbocycles. The summed E-state index contributed by atoms with van der Waals surface area (Å²) in [5.74, 6) is 0. The Morgan fingerprint density at radius 3 is 1.45 bits per heavy atom. The van der Waals surface area contributed by atoms with E-state index in [-0.39, 0.29) is 0 Å². The molecule has 1 aromatic rings. The van der Waals surface area contributed by atoms with Crippen molar-refractivity contribution in [1.29, 1.82) is 0 Å². The molecule has 0 unspecified atom stereocenters. The minimum absolute atomic E-state index is 0.774. The van der Waals surface area contributed by atoms with E-state index in [2.05, 4.69) is 80.2 Å². The third kappa shape index (κ3) is 7.75. The van der Waals surface area contributed by atoms with Crippen molar-refractivity contribution in [2.24, 2.45) is 0 Å². The molecule has 2 fully saturated rings. The summed E-state index contributed by atoms with van der Waals surface area (Å²) in [5.41, 5.74) is 3.93. The first-order valence-electron chi connectivity index (χ1n) is 11.4. The Kier molecular flexibility index (Phi) is 9.85. The van der Waals surface area contributed by atoms with Crippen molar-refractivity contribution in [3.8, 4) is 0 Å². The molecule has 0 N–H and O–H groups in total. The second-order valence-corrected chi connectivity index (χ2v) is 18.7. The minimum atomic E-state index is -1.58. The van der Waals surface area contributed by atoms with Gasteiger partial charge in [0, 0.05) is 0 Å². The van der Waals surface area contributed by atoms with Crippen LogP contribution < -0.4 is 0 Å². The van der Waals surface area contributed by atoms with Crippen LogP contribution in [0.1, 0.15) is 76.3 Å². The number of rotatable bonds is 6. The van der Waals surface area contributed by atoms with Crippen LogP contribution in [-0.4, -0.2) is 25.8 Å². The van der Waals surface area contributed by atoms with Crippen LogP contribution in [0.5, 0.6) is 0 Å². The van der Waals surface area contributed by atoms with Crippen LogP contribution in [-0.2, 0) is 23.5 Å². The monoisotopic (exact) mass is 613 g/mol. The second-order valence-electron chi connectivity index (χ2n) is 9.65. The van der Waals surface area contributed by atoms with Gasteiger partial charge in [-0.15, -0.1) is 13.2 Å². The standard InChI is InChI=1S/C15H24N2.C8H18OSi2.Pt/c1-3-7-14(8-4-1)16-11-12-17(13-16)15-9-5-2-6-10-15;1-7-10(3,4)9-11(5,6)8-2;/h11-12,14-15H,1-10H2;7-8H,1-2H2,3-6H3;. The molecule has 168 valence electrons. The molecule has 0 bridgehead atoms. The fraction of sp³-hybridized carbons (Fsp3) is 0.696. The van der Waals surface area contributed by atoms with Gasteiger partial charge in [-0.2, -0.15) is 0 Å². The Hall–Kier alpha value is -0.228. The van der Waals surface area contributed by atoms with Crippen LogP contribution in [0.3, 0.4) is 0 Å². The van der Waals surface area contributed by atoms with Crippen LogP contribution in [0.25, 0.3) is 0 Å². The Balaban J connectivity index is 0.000000237. The van der Waals surface area contributed by atoms with Crippen LogP contribution >= 0.6 is 0 Å². The number of aromatic nitrogens is 2. The summed E-state index contributed by atoms with van der Waals surface area (Å²) < 4.78 is 12.5. The topological polar surface area (TPSA) is 19.1 Å². The Morgan fingerprint density at radius 1 is 0.793 bits per heavy atom. The van der Waals surface area contributed by atoms with Gasteiger partial charge >= 0.3 is 121 Å². The van der Waals surface area contributed by atoms with E-state index in [0.29, 0.717) is 0 Å². The number of hydrogen-bond donors (Lipinski definition) is 0. The molecule has 0 atom stereocenters. The number of hydrogen-bond acceptors (Lipinski definition) is 1. The molecule has 0 aromatic carbocycles. The van der Waals surface area contributed by atoms with Crippen LogP contribution in [0, 0.1) is 3.80 Å². The Bertz CT molecular complexity index is 654. The molecule has 0 spiro atoms. The summed E-state index contributed by atoms with van der Waals surface area (Å²) in [6, 6.07) is 1.55. The molecular formula is C23H42N2OPtSi2. The summed E-state index contributed by atoms with van der Waals surface area (Å²) >= 11 is 2.55. The SMILES string of the molecule is C=C[Si](C)(C)O[Si](C)(C)C=C.[Pt]=[c]1n(C2CCCCC2)ccn1C1CCCCC1. The molecule has 0 aliphatic heterocycles. The predicted octanol–water partition coefficient (Wildman–Crippen LogP) is 7.24. The van der Waals surface area contributed by atoms with E-state index in [1.807, 2.05) is 11.4 Å². The van der Waals surface area contributed by atoms with E-state index in [1.54, 1.807) is 0 Å². The van der Waals surface area contributed by atoms with Gasteiger partial charge in [0.05, 0.1) is 0 Å². The van der Waals surface area contributed by atoms with Gasteiger partial charge in [0.25, 0.3) is 0 Å². The van der Waals surface area contributed by atoms with E-state index < -0.39 is 16.6 Å². The molecule has 0 amide bonds. The Labute approximate surface area is 191 Å². The average Bonchev–Trinajstić information content (AvgIpc) is 3.10. The van der Waals surface area contributed by atoms with E-state index in [0.717, 1.165) is 12.1 Å². The fourth-order valence-corrected chi connectivity index (χ4v) is 11.7. The first kappa shape index (κ1) is 25.0. The second kappa shape index (κ2) is 11.4. The van der Waals surface area contributed by atoms with Crippen molar-refractivity contribution in [3.63, 3.8) is 0 Å². The van der Waals surface area contributed by atoms with Crippen molar-refractivity contribution >= 4 is 16.6 Å². The summed E-state index contributed by atoms with van der Waals surface area (Å²) in [5, 5.41) is 0. The van der Waals surface area contributed by atoms with E-state index >= 15 is 0 Å². The van der Waals surface area contributed by atoms with E-state index in [9.17, 15) is 0 Å². The van der Waals surface area contributed by atoms with Gasteiger partial charge in [-0.3, -0.25) is 0 Å². The van der Waals surface area contributed by atoms with Crippen LogP contribution in [0.15, 0.2) is 37.0 Å². The zero-order chi connectivity index (χ0) is 21.5. The zero-order valence-electron chi connectivity index (χ0n) is 19.1. The van der Waals surface area contributed by atoms with Gasteiger partial charge < -0.3 is 4.12 Å². The molecular weight excluding hydrogens is 572 g/mol. The maximum absolute atomic E-state index is 5.97. The molecule has 3 nitrogen and oxygen atoms in total. The summed E-state index contributed by atoms with van der Waals surface area (Å²) in [6.45, 7) is 16.2. The van der Waals surface area contributed by atoms with Crippen molar-refractivity contribution in [2.45, 2.75) is 102 Å². The molecule has 2 aliphatic carbocycles. The molecule has 0 radical (unpaired) electrons. The molecule has 6 heteroatoms. The fourth-order valence-electron chi connectivity index (χ4n) is 4.39. The summed E-state index contributed by atoms with van der Waals surface area (Å²) in [6.07, 6.45) is 18.8. The normalized spacial score (nSPS) is 19.4. The van der Waals surface area contributed by atoms with Gasteiger partial charge in [-0.05, 0) is 26.2 Å². The predicted molar refractivity (Wildman–Crippen MR) is 126 cm³/mol. The van der Waals surface area contributed by atoms with Gasteiger partial charge in [-0.1, -0.05) is 11.4 Å². The molecule has 0 saturated heterocycles. The van der Waals surface area contributed by atoms with E-state index in [1.165, 1.54) is 68.0 Å². The molecule has 2 aliphatic rings. The van der Waals surface area contributed by atoms with Crippen molar-refractivity contribution in [3.05, 3.63) is 40.8 Å². The third-order valence-corrected chi connectivity index (χ3v) is 13.6. The molecule has 1 aromatic heterocycles. The van der Waals surface area contributed by atoms with Crippen molar-refractivity contribution < 1.29 is 23.5 Å². The van der Waals surface area contributed by atoms with Crippen molar-refractivity contribution in [2.75, 3.05) is 0 Å². The summed E-state index contributed by atoms with van der Waals surface area (Å²) in [7, 11) is -3.16. The first-order valence-corrected chi connectivity index (χ1v) is 18.5. The third-order valence-electron chi connectivity index (χ3n) is 6.23. The van der Waals surface area contributed by atoms with Crippen LogP contribution in [0.2, 0.25) is 26.2 Å². The average molecular weight is 614 g/mol. The van der Waals surface area contributed by atoms with Gasteiger partial charge in [0.2, 0.25) is 0 Å². The Morgan fingerprint density at radius 2 is 1.14 bits per heavy atom. The van der Waals surface area contributed by atoms with Gasteiger partial charge in [0.15, 0.2) is 16.6 Å².